The Labute approximate surface area is 159 Å². The van der Waals surface area contributed by atoms with Crippen molar-refractivity contribution in [1.82, 2.24) is 4.90 Å². The highest BCUT2D eigenvalue weighted by molar-refractivity contribution is 6.30. The number of rotatable bonds is 4. The van der Waals surface area contributed by atoms with Gasteiger partial charge in [0.1, 0.15) is 0 Å². The predicted molar refractivity (Wildman–Crippen MR) is 103 cm³/mol. The summed E-state index contributed by atoms with van der Waals surface area (Å²) in [6.07, 6.45) is 3.18. The van der Waals surface area contributed by atoms with Crippen molar-refractivity contribution in [1.29, 1.82) is 0 Å². The fourth-order valence-electron chi connectivity index (χ4n) is 3.56. The van der Waals surface area contributed by atoms with E-state index in [1.165, 1.54) is 5.56 Å². The second-order valence-electron chi connectivity index (χ2n) is 6.54. The lowest BCUT2D eigenvalue weighted by molar-refractivity contribution is 0.0750. The first kappa shape index (κ1) is 18.6. The summed E-state index contributed by atoms with van der Waals surface area (Å²) in [4.78, 5) is 15.1. The smallest absolute Gasteiger partial charge is 0.257 e. The summed E-state index contributed by atoms with van der Waals surface area (Å²) in [5.74, 6) is 1.37. The van der Waals surface area contributed by atoms with Crippen LogP contribution in [0.25, 0.3) is 0 Å². The normalized spacial score (nSPS) is 17.5. The van der Waals surface area contributed by atoms with Gasteiger partial charge < -0.3 is 14.4 Å². The first-order valence-corrected chi connectivity index (χ1v) is 9.27. The van der Waals surface area contributed by atoms with Crippen LogP contribution in [-0.2, 0) is 0 Å². The Kier molecular flexibility index (Phi) is 6.04. The van der Waals surface area contributed by atoms with Crippen LogP contribution in [-0.4, -0.2) is 38.1 Å². The van der Waals surface area contributed by atoms with Gasteiger partial charge in [0.05, 0.1) is 19.8 Å². The number of benzene rings is 2. The first-order valence-electron chi connectivity index (χ1n) is 8.89. The molecular weight excluding hydrogens is 350 g/mol. The van der Waals surface area contributed by atoms with E-state index in [4.69, 9.17) is 21.1 Å². The summed E-state index contributed by atoms with van der Waals surface area (Å²) in [6.45, 7) is 1.45. The van der Waals surface area contributed by atoms with E-state index in [-0.39, 0.29) is 5.91 Å². The van der Waals surface area contributed by atoms with E-state index in [0.717, 1.165) is 30.8 Å². The Balaban J connectivity index is 1.85. The van der Waals surface area contributed by atoms with Gasteiger partial charge in [-0.25, -0.2) is 0 Å². The van der Waals surface area contributed by atoms with E-state index in [0.29, 0.717) is 29.5 Å². The Morgan fingerprint density at radius 2 is 1.85 bits per heavy atom. The molecule has 1 aliphatic rings. The third kappa shape index (κ3) is 3.96. The molecule has 1 fully saturated rings. The molecule has 0 saturated carbocycles. The monoisotopic (exact) mass is 373 g/mol. The van der Waals surface area contributed by atoms with Crippen LogP contribution in [0.4, 0.5) is 0 Å². The molecule has 138 valence electrons. The quantitative estimate of drug-likeness (QED) is 0.775. The van der Waals surface area contributed by atoms with Crippen molar-refractivity contribution >= 4 is 17.5 Å². The molecule has 5 heteroatoms. The van der Waals surface area contributed by atoms with Crippen LogP contribution >= 0.6 is 11.6 Å². The molecule has 0 aliphatic carbocycles. The van der Waals surface area contributed by atoms with Crippen LogP contribution < -0.4 is 9.47 Å². The summed E-state index contributed by atoms with van der Waals surface area (Å²) in [5, 5.41) is 0.733. The summed E-state index contributed by atoms with van der Waals surface area (Å²) in [6, 6.07) is 13.4. The Bertz CT molecular complexity index is 760. The first-order chi connectivity index (χ1) is 12.6. The third-order valence-electron chi connectivity index (χ3n) is 4.93. The predicted octanol–water partition coefficient (Wildman–Crippen LogP) is 4.77. The fraction of sp³-hybridized carbons (Fsp3) is 0.381. The molecule has 2 aromatic rings. The van der Waals surface area contributed by atoms with Crippen LogP contribution in [0, 0.1) is 0 Å². The van der Waals surface area contributed by atoms with Crippen molar-refractivity contribution in [3.8, 4) is 11.5 Å². The van der Waals surface area contributed by atoms with Crippen molar-refractivity contribution in [3.05, 3.63) is 58.6 Å². The minimum Gasteiger partial charge on any atom is -0.493 e. The van der Waals surface area contributed by atoms with Crippen molar-refractivity contribution in [2.45, 2.75) is 25.2 Å². The number of ether oxygens (including phenoxy) is 2. The molecule has 0 radical (unpaired) electrons. The van der Waals surface area contributed by atoms with Gasteiger partial charge in [-0.2, -0.15) is 0 Å². The molecule has 1 amide bonds. The van der Waals surface area contributed by atoms with E-state index in [1.54, 1.807) is 26.4 Å². The van der Waals surface area contributed by atoms with E-state index >= 15 is 0 Å². The largest absolute Gasteiger partial charge is 0.493 e. The lowest BCUT2D eigenvalue weighted by atomic mass is 9.94. The molecule has 1 heterocycles. The standard InChI is InChI=1S/C21H24ClNO3/c1-25-19-8-5-7-18(20(19)26-2)21(24)23-13-4-3-6-16(14-23)15-9-11-17(22)12-10-15/h5,7-12,16H,3-4,6,13-14H2,1-2H3. The number of halogens is 1. The zero-order valence-corrected chi connectivity index (χ0v) is 16.0. The highest BCUT2D eigenvalue weighted by atomic mass is 35.5. The molecular formula is C21H24ClNO3. The molecule has 0 spiro atoms. The topological polar surface area (TPSA) is 38.8 Å². The van der Waals surface area contributed by atoms with Crippen molar-refractivity contribution in [2.24, 2.45) is 0 Å². The van der Waals surface area contributed by atoms with Crippen LogP contribution in [0.5, 0.6) is 11.5 Å². The summed E-state index contributed by atoms with van der Waals surface area (Å²) in [5.41, 5.74) is 1.77. The number of likely N-dealkylation sites (tertiary alicyclic amines) is 1. The van der Waals surface area contributed by atoms with Crippen molar-refractivity contribution < 1.29 is 14.3 Å². The number of hydrogen-bond acceptors (Lipinski definition) is 3. The summed E-state index contributed by atoms with van der Waals surface area (Å²) in [7, 11) is 3.14. The molecule has 1 unspecified atom stereocenters. The average Bonchev–Trinajstić information content (AvgIpc) is 2.93. The SMILES string of the molecule is COc1cccc(C(=O)N2CCCCC(c3ccc(Cl)cc3)C2)c1OC. The molecule has 0 N–H and O–H groups in total. The van der Waals surface area contributed by atoms with Crippen LogP contribution in [0.15, 0.2) is 42.5 Å². The van der Waals surface area contributed by atoms with Gasteiger partial charge in [-0.05, 0) is 42.7 Å². The minimum atomic E-state index is -0.0124. The number of nitrogens with zero attached hydrogens (tertiary/aromatic N) is 1. The lowest BCUT2D eigenvalue weighted by Gasteiger charge is -2.26. The molecule has 26 heavy (non-hydrogen) atoms. The minimum absolute atomic E-state index is 0.0124. The van der Waals surface area contributed by atoms with Crippen LogP contribution in [0.3, 0.4) is 0 Å². The molecule has 2 aromatic carbocycles. The number of hydrogen-bond donors (Lipinski definition) is 0. The molecule has 3 rings (SSSR count). The zero-order valence-electron chi connectivity index (χ0n) is 15.2. The number of para-hydroxylation sites is 1. The van der Waals surface area contributed by atoms with Gasteiger partial charge in [0, 0.05) is 24.0 Å². The summed E-state index contributed by atoms with van der Waals surface area (Å²) >= 11 is 6.01. The molecule has 1 atom stereocenters. The van der Waals surface area contributed by atoms with Gasteiger partial charge in [0.2, 0.25) is 0 Å². The maximum Gasteiger partial charge on any atom is 0.257 e. The van der Waals surface area contributed by atoms with E-state index in [9.17, 15) is 4.79 Å². The Hall–Kier alpha value is -2.20. The highest BCUT2D eigenvalue weighted by Crippen LogP contribution is 2.33. The maximum atomic E-state index is 13.2. The lowest BCUT2D eigenvalue weighted by Crippen LogP contribution is -2.34. The average molecular weight is 374 g/mol. The molecule has 1 saturated heterocycles. The van der Waals surface area contributed by atoms with Gasteiger partial charge in [0.25, 0.3) is 5.91 Å². The number of methoxy groups -OCH3 is 2. The number of amides is 1. The van der Waals surface area contributed by atoms with Gasteiger partial charge in [-0.1, -0.05) is 36.2 Å². The van der Waals surface area contributed by atoms with Crippen LogP contribution in [0.1, 0.15) is 41.1 Å². The van der Waals surface area contributed by atoms with Crippen molar-refractivity contribution in [3.63, 3.8) is 0 Å². The molecule has 1 aliphatic heterocycles. The zero-order chi connectivity index (χ0) is 18.5. The Morgan fingerprint density at radius 1 is 1.08 bits per heavy atom. The second-order valence-corrected chi connectivity index (χ2v) is 6.97. The maximum absolute atomic E-state index is 13.2. The third-order valence-corrected chi connectivity index (χ3v) is 5.19. The van der Waals surface area contributed by atoms with Gasteiger partial charge in [0.15, 0.2) is 11.5 Å². The number of carbonyl (C=O) groups excluding carboxylic acids is 1. The van der Waals surface area contributed by atoms with E-state index in [2.05, 4.69) is 12.1 Å². The summed E-state index contributed by atoms with van der Waals surface area (Å²) < 4.78 is 10.8. The van der Waals surface area contributed by atoms with Crippen molar-refractivity contribution in [2.75, 3.05) is 27.3 Å². The molecule has 0 aromatic heterocycles. The molecule has 4 nitrogen and oxygen atoms in total. The molecule has 0 bridgehead atoms. The fourth-order valence-corrected chi connectivity index (χ4v) is 3.69. The van der Waals surface area contributed by atoms with Gasteiger partial charge in [-0.3, -0.25) is 4.79 Å². The van der Waals surface area contributed by atoms with Gasteiger partial charge in [-0.15, -0.1) is 0 Å². The van der Waals surface area contributed by atoms with Gasteiger partial charge >= 0.3 is 0 Å². The second kappa shape index (κ2) is 8.45. The van der Waals surface area contributed by atoms with E-state index in [1.807, 2.05) is 23.1 Å². The number of carbonyl (C=O) groups is 1. The van der Waals surface area contributed by atoms with Crippen LogP contribution in [0.2, 0.25) is 5.02 Å². The Morgan fingerprint density at radius 3 is 2.54 bits per heavy atom. The highest BCUT2D eigenvalue weighted by Gasteiger charge is 2.26. The van der Waals surface area contributed by atoms with E-state index < -0.39 is 0 Å².